The van der Waals surface area contributed by atoms with Crippen LogP contribution in [0.15, 0.2) is 77.7 Å². The molecular weight excluding hydrogens is 459 g/mol. The van der Waals surface area contributed by atoms with Gasteiger partial charge in [-0.15, -0.1) is 0 Å². The van der Waals surface area contributed by atoms with Crippen LogP contribution in [0, 0.1) is 12.7 Å². The third-order valence-corrected chi connectivity index (χ3v) is 6.60. The minimum Gasteiger partial charge on any atom is -0.494 e. The number of carbonyl (C=O) groups is 1. The molecule has 7 nitrogen and oxygen atoms in total. The molecule has 1 N–H and O–H groups in total. The first kappa shape index (κ1) is 25.0. The zero-order chi connectivity index (χ0) is 24.6. The number of hydrogen-bond acceptors (Lipinski definition) is 5. The number of carbonyl (C=O) groups excluding carboxylic acids is 1. The van der Waals surface area contributed by atoms with E-state index in [1.54, 1.807) is 12.1 Å². The number of amides is 1. The van der Waals surface area contributed by atoms with Crippen molar-refractivity contribution in [3.8, 4) is 11.5 Å². The molecule has 1 amide bonds. The number of hydrogen-bond donors (Lipinski definition) is 1. The molecule has 3 rings (SSSR count). The molecule has 3 aromatic rings. The van der Waals surface area contributed by atoms with Gasteiger partial charge in [0.25, 0.3) is 10.0 Å². The molecular formula is C25H27FN2O5S. The lowest BCUT2D eigenvalue weighted by atomic mass is 10.2. The number of nitrogens with one attached hydrogen (secondary N) is 1. The topological polar surface area (TPSA) is 84.9 Å². The maximum atomic E-state index is 13.4. The normalized spacial score (nSPS) is 11.0. The average Bonchev–Trinajstić information content (AvgIpc) is 2.82. The van der Waals surface area contributed by atoms with Gasteiger partial charge in [0.15, 0.2) is 0 Å². The fourth-order valence-electron chi connectivity index (χ4n) is 3.17. The summed E-state index contributed by atoms with van der Waals surface area (Å²) in [7, 11) is -4.11. The Kier molecular flexibility index (Phi) is 8.48. The fraction of sp³-hybridized carbons (Fsp3) is 0.240. The molecule has 0 fully saturated rings. The largest absolute Gasteiger partial charge is 0.494 e. The molecule has 0 saturated heterocycles. The minimum atomic E-state index is -4.11. The van der Waals surface area contributed by atoms with Crippen molar-refractivity contribution >= 4 is 21.6 Å². The molecule has 0 radical (unpaired) electrons. The molecule has 0 saturated carbocycles. The number of benzene rings is 3. The van der Waals surface area contributed by atoms with Gasteiger partial charge in [0, 0.05) is 0 Å². The van der Waals surface area contributed by atoms with Crippen LogP contribution in [0.5, 0.6) is 11.5 Å². The molecule has 0 heterocycles. The summed E-state index contributed by atoms with van der Waals surface area (Å²) < 4.78 is 52.1. The summed E-state index contributed by atoms with van der Waals surface area (Å²) in [6.45, 7) is 4.15. The van der Waals surface area contributed by atoms with Crippen LogP contribution in [0.3, 0.4) is 0 Å². The standard InChI is InChI=1S/C25H27FN2O5S/c1-3-32-22-11-13-24(14-12-22)34(30,31)28(21-9-7-20(26)8-10-21)18-25(29)27-15-16-33-23-6-4-5-19(2)17-23/h4-14,17H,3,15-16,18H2,1-2H3,(H,27,29). The fourth-order valence-corrected chi connectivity index (χ4v) is 4.60. The lowest BCUT2D eigenvalue weighted by Crippen LogP contribution is -2.41. The lowest BCUT2D eigenvalue weighted by Gasteiger charge is -2.24. The SMILES string of the molecule is CCOc1ccc(S(=O)(=O)N(CC(=O)NCCOc2cccc(C)c2)c2ccc(F)cc2)cc1. The number of ether oxygens (including phenoxy) is 2. The van der Waals surface area contributed by atoms with E-state index in [1.807, 2.05) is 38.1 Å². The van der Waals surface area contributed by atoms with E-state index in [-0.39, 0.29) is 23.7 Å². The van der Waals surface area contributed by atoms with E-state index in [2.05, 4.69) is 5.32 Å². The van der Waals surface area contributed by atoms with Crippen LogP contribution < -0.4 is 19.1 Å². The van der Waals surface area contributed by atoms with Gasteiger partial charge in [-0.1, -0.05) is 12.1 Å². The highest BCUT2D eigenvalue weighted by Crippen LogP contribution is 2.25. The van der Waals surface area contributed by atoms with Gasteiger partial charge in [-0.05, 0) is 80.1 Å². The van der Waals surface area contributed by atoms with Crippen LogP contribution in [0.4, 0.5) is 10.1 Å². The monoisotopic (exact) mass is 486 g/mol. The van der Waals surface area contributed by atoms with Crippen molar-refractivity contribution in [3.63, 3.8) is 0 Å². The quantitative estimate of drug-likeness (QED) is 0.415. The molecule has 0 aliphatic heterocycles. The highest BCUT2D eigenvalue weighted by Gasteiger charge is 2.27. The maximum absolute atomic E-state index is 13.4. The van der Waals surface area contributed by atoms with Crippen molar-refractivity contribution in [2.24, 2.45) is 0 Å². The van der Waals surface area contributed by atoms with E-state index in [1.165, 1.54) is 24.3 Å². The highest BCUT2D eigenvalue weighted by atomic mass is 32.2. The Labute approximate surface area is 199 Å². The summed E-state index contributed by atoms with van der Waals surface area (Å²) in [6.07, 6.45) is 0. The molecule has 0 atom stereocenters. The second-order valence-electron chi connectivity index (χ2n) is 7.41. The highest BCUT2D eigenvalue weighted by molar-refractivity contribution is 7.92. The molecule has 0 aliphatic carbocycles. The molecule has 34 heavy (non-hydrogen) atoms. The zero-order valence-electron chi connectivity index (χ0n) is 19.0. The predicted octanol–water partition coefficient (Wildman–Crippen LogP) is 3.92. The first-order chi connectivity index (χ1) is 16.3. The summed E-state index contributed by atoms with van der Waals surface area (Å²) >= 11 is 0. The van der Waals surface area contributed by atoms with Crippen molar-refractivity contribution in [1.82, 2.24) is 5.32 Å². The molecule has 0 spiro atoms. The van der Waals surface area contributed by atoms with Gasteiger partial charge in [0.1, 0.15) is 30.5 Å². The Morgan fingerprint density at radius 1 is 0.971 bits per heavy atom. The smallest absolute Gasteiger partial charge is 0.264 e. The molecule has 0 aliphatic rings. The van der Waals surface area contributed by atoms with Crippen LogP contribution in [0.1, 0.15) is 12.5 Å². The zero-order valence-corrected chi connectivity index (χ0v) is 19.8. The van der Waals surface area contributed by atoms with Crippen LogP contribution in [-0.2, 0) is 14.8 Å². The van der Waals surface area contributed by atoms with Crippen molar-refractivity contribution in [2.45, 2.75) is 18.7 Å². The summed E-state index contributed by atoms with van der Waals surface area (Å²) in [5.41, 5.74) is 1.22. The van der Waals surface area contributed by atoms with Crippen LogP contribution >= 0.6 is 0 Å². The molecule has 180 valence electrons. The molecule has 0 bridgehead atoms. The molecule has 0 aromatic heterocycles. The number of anilines is 1. The van der Waals surface area contributed by atoms with Crippen LogP contribution in [0.2, 0.25) is 0 Å². The van der Waals surface area contributed by atoms with E-state index in [4.69, 9.17) is 9.47 Å². The van der Waals surface area contributed by atoms with Gasteiger partial charge in [-0.25, -0.2) is 12.8 Å². The number of aryl methyl sites for hydroxylation is 1. The third kappa shape index (κ3) is 6.71. The Balaban J connectivity index is 1.71. The number of rotatable bonds is 11. The molecule has 3 aromatic carbocycles. The van der Waals surface area contributed by atoms with E-state index in [9.17, 15) is 17.6 Å². The first-order valence-electron chi connectivity index (χ1n) is 10.8. The van der Waals surface area contributed by atoms with Gasteiger partial charge in [-0.3, -0.25) is 9.10 Å². The van der Waals surface area contributed by atoms with E-state index >= 15 is 0 Å². The Hall–Kier alpha value is -3.59. The van der Waals surface area contributed by atoms with Crippen LogP contribution in [0.25, 0.3) is 0 Å². The van der Waals surface area contributed by atoms with E-state index in [0.29, 0.717) is 18.1 Å². The van der Waals surface area contributed by atoms with Gasteiger partial charge in [0.05, 0.1) is 23.7 Å². The first-order valence-corrected chi connectivity index (χ1v) is 12.2. The summed E-state index contributed by atoms with van der Waals surface area (Å²) in [4.78, 5) is 12.6. The van der Waals surface area contributed by atoms with E-state index in [0.717, 1.165) is 22.0 Å². The summed E-state index contributed by atoms with van der Waals surface area (Å²) in [5, 5.41) is 2.66. The van der Waals surface area contributed by atoms with Gasteiger partial charge < -0.3 is 14.8 Å². The maximum Gasteiger partial charge on any atom is 0.264 e. The summed E-state index contributed by atoms with van der Waals surface area (Å²) in [5.74, 6) is 0.174. The predicted molar refractivity (Wildman–Crippen MR) is 128 cm³/mol. The van der Waals surface area contributed by atoms with Gasteiger partial charge in [0.2, 0.25) is 5.91 Å². The second kappa shape index (κ2) is 11.5. The van der Waals surface area contributed by atoms with Gasteiger partial charge in [-0.2, -0.15) is 0 Å². The van der Waals surface area contributed by atoms with Crippen molar-refractivity contribution < 1.29 is 27.1 Å². The third-order valence-electron chi connectivity index (χ3n) is 4.81. The van der Waals surface area contributed by atoms with Crippen molar-refractivity contribution in [1.29, 1.82) is 0 Å². The van der Waals surface area contributed by atoms with Crippen LogP contribution in [-0.4, -0.2) is 40.6 Å². The summed E-state index contributed by atoms with van der Waals surface area (Å²) in [6, 6.07) is 18.3. The molecule has 0 unspecified atom stereocenters. The molecule has 9 heteroatoms. The van der Waals surface area contributed by atoms with Crippen molar-refractivity contribution in [2.75, 3.05) is 30.6 Å². The number of sulfonamides is 1. The van der Waals surface area contributed by atoms with Gasteiger partial charge >= 0.3 is 0 Å². The average molecular weight is 487 g/mol. The Morgan fingerprint density at radius 2 is 1.68 bits per heavy atom. The Morgan fingerprint density at radius 3 is 2.32 bits per heavy atom. The number of halogens is 1. The second-order valence-corrected chi connectivity index (χ2v) is 9.27. The number of nitrogens with zero attached hydrogens (tertiary/aromatic N) is 1. The van der Waals surface area contributed by atoms with Crippen molar-refractivity contribution in [3.05, 3.63) is 84.2 Å². The minimum absolute atomic E-state index is 0.0177. The van der Waals surface area contributed by atoms with E-state index < -0.39 is 28.3 Å². The Bertz CT molecular complexity index is 1200. The lowest BCUT2D eigenvalue weighted by molar-refractivity contribution is -0.119.